The summed E-state index contributed by atoms with van der Waals surface area (Å²) in [5, 5.41) is 2.18. The average molecular weight is 344 g/mol. The zero-order valence-corrected chi connectivity index (χ0v) is 15.1. The Labute approximate surface area is 147 Å². The Bertz CT molecular complexity index is 685. The van der Waals surface area contributed by atoms with Gasteiger partial charge in [-0.25, -0.2) is 0 Å². The molecule has 0 aromatic carbocycles. The van der Waals surface area contributed by atoms with Gasteiger partial charge in [0, 0.05) is 42.0 Å². The number of pyridine rings is 1. The minimum Gasteiger partial charge on any atom is -0.492 e. The molecule has 2 aliphatic rings. The summed E-state index contributed by atoms with van der Waals surface area (Å²) < 4.78 is 12.0. The van der Waals surface area contributed by atoms with Crippen LogP contribution in [0.5, 0.6) is 5.75 Å². The van der Waals surface area contributed by atoms with Gasteiger partial charge in [-0.05, 0) is 43.0 Å². The molecule has 0 saturated carbocycles. The number of nitrogens with zero attached hydrogens (tertiary/aromatic N) is 2. The molecule has 0 N–H and O–H groups in total. The topological polar surface area (TPSA) is 34.6 Å². The van der Waals surface area contributed by atoms with Crippen LogP contribution in [0.4, 0.5) is 0 Å². The van der Waals surface area contributed by atoms with Gasteiger partial charge in [0.1, 0.15) is 5.75 Å². The van der Waals surface area contributed by atoms with Crippen LogP contribution in [0.1, 0.15) is 16.1 Å². The third-order valence-electron chi connectivity index (χ3n) is 5.20. The van der Waals surface area contributed by atoms with E-state index in [1.54, 1.807) is 0 Å². The number of fused-ring (bicyclic) bond motifs is 1. The highest BCUT2D eigenvalue weighted by atomic mass is 32.1. The first kappa shape index (κ1) is 16.1. The van der Waals surface area contributed by atoms with Crippen LogP contribution in [0.15, 0.2) is 29.8 Å². The number of thiophene rings is 1. The SMILES string of the molecule is Cc1ccc(OC[C@@H]2CO[C@H]3CN(Cc4sccc4C)C[C@@H]23)cn1. The first-order valence-electron chi connectivity index (χ1n) is 8.61. The molecule has 2 saturated heterocycles. The number of rotatable bonds is 5. The van der Waals surface area contributed by atoms with E-state index in [2.05, 4.69) is 28.3 Å². The Hall–Kier alpha value is -1.43. The van der Waals surface area contributed by atoms with E-state index >= 15 is 0 Å². The van der Waals surface area contributed by atoms with Gasteiger partial charge < -0.3 is 9.47 Å². The minimum atomic E-state index is 0.370. The highest BCUT2D eigenvalue weighted by Crippen LogP contribution is 2.35. The summed E-state index contributed by atoms with van der Waals surface area (Å²) in [6, 6.07) is 6.19. The summed E-state index contributed by atoms with van der Waals surface area (Å²) in [5.41, 5.74) is 2.42. The second-order valence-electron chi connectivity index (χ2n) is 6.96. The molecule has 2 aliphatic heterocycles. The Morgan fingerprint density at radius 2 is 2.21 bits per heavy atom. The van der Waals surface area contributed by atoms with Gasteiger partial charge in [0.05, 0.1) is 25.5 Å². The quantitative estimate of drug-likeness (QED) is 0.834. The number of likely N-dealkylation sites (tertiary alicyclic amines) is 1. The van der Waals surface area contributed by atoms with Crippen molar-refractivity contribution in [3.63, 3.8) is 0 Å². The smallest absolute Gasteiger partial charge is 0.137 e. The maximum atomic E-state index is 6.04. The van der Waals surface area contributed by atoms with E-state index in [1.807, 2.05) is 36.6 Å². The highest BCUT2D eigenvalue weighted by molar-refractivity contribution is 7.10. The number of hydrogen-bond acceptors (Lipinski definition) is 5. The molecule has 5 heteroatoms. The van der Waals surface area contributed by atoms with Gasteiger partial charge in [0.2, 0.25) is 0 Å². The molecule has 0 amide bonds. The van der Waals surface area contributed by atoms with Crippen LogP contribution in [0.2, 0.25) is 0 Å². The van der Waals surface area contributed by atoms with Gasteiger partial charge in [0.25, 0.3) is 0 Å². The molecule has 0 radical (unpaired) electrons. The van der Waals surface area contributed by atoms with E-state index in [9.17, 15) is 0 Å². The number of aromatic nitrogens is 1. The summed E-state index contributed by atoms with van der Waals surface area (Å²) in [7, 11) is 0. The molecule has 0 bridgehead atoms. The largest absolute Gasteiger partial charge is 0.492 e. The van der Waals surface area contributed by atoms with Crippen molar-refractivity contribution in [3.8, 4) is 5.75 Å². The second-order valence-corrected chi connectivity index (χ2v) is 7.96. The first-order valence-corrected chi connectivity index (χ1v) is 9.49. The predicted molar refractivity (Wildman–Crippen MR) is 95.5 cm³/mol. The van der Waals surface area contributed by atoms with Crippen molar-refractivity contribution in [1.82, 2.24) is 9.88 Å². The molecular weight excluding hydrogens is 320 g/mol. The predicted octanol–water partition coefficient (Wildman–Crippen LogP) is 3.29. The van der Waals surface area contributed by atoms with Crippen LogP contribution in [-0.2, 0) is 11.3 Å². The van der Waals surface area contributed by atoms with Crippen molar-refractivity contribution in [1.29, 1.82) is 0 Å². The molecule has 4 rings (SSSR count). The second kappa shape index (κ2) is 6.82. The van der Waals surface area contributed by atoms with Crippen LogP contribution in [0.3, 0.4) is 0 Å². The van der Waals surface area contributed by atoms with Crippen LogP contribution in [0.25, 0.3) is 0 Å². The molecule has 128 valence electrons. The Balaban J connectivity index is 1.32. The van der Waals surface area contributed by atoms with Crippen molar-refractivity contribution in [2.75, 3.05) is 26.3 Å². The molecule has 4 heterocycles. The first-order chi connectivity index (χ1) is 11.7. The van der Waals surface area contributed by atoms with Gasteiger partial charge in [-0.1, -0.05) is 0 Å². The molecule has 2 fully saturated rings. The molecule has 24 heavy (non-hydrogen) atoms. The molecule has 0 spiro atoms. The highest BCUT2D eigenvalue weighted by Gasteiger charge is 2.44. The van der Waals surface area contributed by atoms with E-state index in [-0.39, 0.29) is 0 Å². The number of hydrogen-bond donors (Lipinski definition) is 0. The Morgan fingerprint density at radius 1 is 1.29 bits per heavy atom. The lowest BCUT2D eigenvalue weighted by Gasteiger charge is -2.19. The normalized spacial score (nSPS) is 26.7. The number of aryl methyl sites for hydroxylation is 2. The van der Waals surface area contributed by atoms with Crippen LogP contribution in [-0.4, -0.2) is 42.3 Å². The zero-order valence-electron chi connectivity index (χ0n) is 14.3. The zero-order chi connectivity index (χ0) is 16.5. The lowest BCUT2D eigenvalue weighted by atomic mass is 9.94. The Morgan fingerprint density at radius 3 is 2.96 bits per heavy atom. The van der Waals surface area contributed by atoms with Gasteiger partial charge in [-0.3, -0.25) is 9.88 Å². The number of ether oxygens (including phenoxy) is 2. The summed E-state index contributed by atoms with van der Waals surface area (Å²) in [6.45, 7) is 8.94. The fourth-order valence-corrected chi connectivity index (χ4v) is 4.64. The van der Waals surface area contributed by atoms with E-state index in [4.69, 9.17) is 9.47 Å². The third-order valence-corrected chi connectivity index (χ3v) is 6.21. The van der Waals surface area contributed by atoms with Crippen molar-refractivity contribution in [2.24, 2.45) is 11.8 Å². The monoisotopic (exact) mass is 344 g/mol. The molecule has 0 aliphatic carbocycles. The standard InChI is InChI=1S/C19H24N2O2S/c1-13-5-6-24-19(13)10-21-8-17-15(12-23-18(17)9-21)11-22-16-4-3-14(2)20-7-16/h3-7,15,17-18H,8-12H2,1-2H3/t15-,17+,18+/m1/s1. The molecule has 2 aromatic heterocycles. The molecular formula is C19H24N2O2S. The van der Waals surface area contributed by atoms with E-state index in [0.717, 1.165) is 44.3 Å². The Kier molecular flexibility index (Phi) is 4.57. The molecule has 0 unspecified atom stereocenters. The van der Waals surface area contributed by atoms with E-state index < -0.39 is 0 Å². The lowest BCUT2D eigenvalue weighted by Crippen LogP contribution is -2.26. The van der Waals surface area contributed by atoms with Gasteiger partial charge in [-0.15, -0.1) is 11.3 Å². The van der Waals surface area contributed by atoms with Crippen LogP contribution >= 0.6 is 11.3 Å². The maximum absolute atomic E-state index is 6.04. The fraction of sp³-hybridized carbons (Fsp3) is 0.526. The fourth-order valence-electron chi connectivity index (χ4n) is 3.69. The van der Waals surface area contributed by atoms with Crippen LogP contribution < -0.4 is 4.74 Å². The van der Waals surface area contributed by atoms with Gasteiger partial charge in [-0.2, -0.15) is 0 Å². The van der Waals surface area contributed by atoms with Gasteiger partial charge in [0.15, 0.2) is 0 Å². The van der Waals surface area contributed by atoms with E-state index in [0.29, 0.717) is 17.9 Å². The minimum absolute atomic E-state index is 0.370. The van der Waals surface area contributed by atoms with Crippen molar-refractivity contribution >= 4 is 11.3 Å². The van der Waals surface area contributed by atoms with Crippen molar-refractivity contribution in [2.45, 2.75) is 26.5 Å². The van der Waals surface area contributed by atoms with Gasteiger partial charge >= 0.3 is 0 Å². The maximum Gasteiger partial charge on any atom is 0.137 e. The molecule has 4 nitrogen and oxygen atoms in total. The van der Waals surface area contributed by atoms with Crippen molar-refractivity contribution < 1.29 is 9.47 Å². The average Bonchev–Trinajstić information content (AvgIpc) is 3.25. The lowest BCUT2D eigenvalue weighted by molar-refractivity contribution is 0.0898. The summed E-state index contributed by atoms with van der Waals surface area (Å²) in [6.07, 6.45) is 2.18. The molecule has 2 aromatic rings. The van der Waals surface area contributed by atoms with Crippen LogP contribution in [0, 0.1) is 25.7 Å². The van der Waals surface area contributed by atoms with Crippen molar-refractivity contribution in [3.05, 3.63) is 45.9 Å². The summed E-state index contributed by atoms with van der Waals surface area (Å²) >= 11 is 1.86. The third kappa shape index (κ3) is 3.34. The summed E-state index contributed by atoms with van der Waals surface area (Å²) in [4.78, 5) is 8.31. The molecule has 3 atom stereocenters. The van der Waals surface area contributed by atoms with E-state index in [1.165, 1.54) is 10.4 Å². The summed E-state index contributed by atoms with van der Waals surface area (Å²) in [5.74, 6) is 1.92.